The number of ether oxygens (including phenoxy) is 1. The first-order valence-electron chi connectivity index (χ1n) is 5.87. The molecule has 1 aromatic rings. The second-order valence-electron chi connectivity index (χ2n) is 4.10. The smallest absolute Gasteiger partial charge is 0.125 e. The molecule has 4 nitrogen and oxygen atoms in total. The zero-order chi connectivity index (χ0) is 11.4. The van der Waals surface area contributed by atoms with Crippen LogP contribution in [0.1, 0.15) is 19.8 Å². The van der Waals surface area contributed by atoms with E-state index >= 15 is 0 Å². The average molecular weight is 221 g/mol. The highest BCUT2D eigenvalue weighted by Crippen LogP contribution is 2.21. The number of hydrogen-bond acceptors (Lipinski definition) is 4. The number of rotatable bonds is 3. The number of hydrogen-bond donors (Lipinski definition) is 1. The topological polar surface area (TPSA) is 51.4 Å². The molecule has 1 aliphatic rings. The maximum atomic E-state index is 5.69. The monoisotopic (exact) mass is 221 g/mol. The number of aromatic nitrogens is 1. The third-order valence-electron chi connectivity index (χ3n) is 2.91. The van der Waals surface area contributed by atoms with Crippen molar-refractivity contribution in [3.63, 3.8) is 0 Å². The molecule has 1 aromatic heterocycles. The van der Waals surface area contributed by atoms with Crippen molar-refractivity contribution < 1.29 is 4.74 Å². The van der Waals surface area contributed by atoms with Gasteiger partial charge in [0.15, 0.2) is 0 Å². The number of nitrogens with zero attached hydrogens (tertiary/aromatic N) is 2. The van der Waals surface area contributed by atoms with E-state index in [0.717, 1.165) is 31.8 Å². The molecule has 1 aliphatic heterocycles. The van der Waals surface area contributed by atoms with Gasteiger partial charge in [-0.3, -0.25) is 0 Å². The molecule has 88 valence electrons. The normalized spacial score (nSPS) is 21.1. The molecule has 0 amide bonds. The van der Waals surface area contributed by atoms with Crippen molar-refractivity contribution in [3.05, 3.63) is 18.3 Å². The third kappa shape index (κ3) is 2.64. The van der Waals surface area contributed by atoms with E-state index in [-0.39, 0.29) is 0 Å². The van der Waals surface area contributed by atoms with Crippen molar-refractivity contribution in [2.75, 3.05) is 30.3 Å². The van der Waals surface area contributed by atoms with Crippen molar-refractivity contribution in [2.24, 2.45) is 0 Å². The van der Waals surface area contributed by atoms with E-state index in [0.29, 0.717) is 11.9 Å². The largest absolute Gasteiger partial charge is 0.384 e. The maximum absolute atomic E-state index is 5.69. The standard InChI is InChI=1S/C12H19N3O/c1-2-16-11-4-3-7-15(9-11)10-5-6-14-12(13)8-10/h5-6,8,11H,2-4,7,9H2,1H3,(H2,13,14). The summed E-state index contributed by atoms with van der Waals surface area (Å²) in [6.45, 7) is 4.87. The van der Waals surface area contributed by atoms with Crippen LogP contribution in [0.3, 0.4) is 0 Å². The van der Waals surface area contributed by atoms with Crippen LogP contribution in [-0.4, -0.2) is 30.8 Å². The first-order valence-corrected chi connectivity index (χ1v) is 5.87. The summed E-state index contributed by atoms with van der Waals surface area (Å²) in [7, 11) is 0. The van der Waals surface area contributed by atoms with Crippen LogP contribution in [0.25, 0.3) is 0 Å². The molecule has 0 radical (unpaired) electrons. The molecule has 1 unspecified atom stereocenters. The Bertz CT molecular complexity index is 341. The van der Waals surface area contributed by atoms with E-state index in [1.807, 2.05) is 19.1 Å². The molecule has 0 aromatic carbocycles. The molecule has 4 heteroatoms. The predicted molar refractivity (Wildman–Crippen MR) is 65.5 cm³/mol. The summed E-state index contributed by atoms with van der Waals surface area (Å²) in [4.78, 5) is 6.33. The first kappa shape index (κ1) is 11.2. The second kappa shape index (κ2) is 5.16. The quantitative estimate of drug-likeness (QED) is 0.843. The Kier molecular flexibility index (Phi) is 3.62. The highest BCUT2D eigenvalue weighted by atomic mass is 16.5. The minimum atomic E-state index is 0.355. The molecule has 1 atom stereocenters. The van der Waals surface area contributed by atoms with Gasteiger partial charge in [-0.25, -0.2) is 4.98 Å². The summed E-state index contributed by atoms with van der Waals surface area (Å²) in [5, 5.41) is 0. The van der Waals surface area contributed by atoms with Gasteiger partial charge >= 0.3 is 0 Å². The number of anilines is 2. The Morgan fingerprint density at radius 2 is 2.50 bits per heavy atom. The lowest BCUT2D eigenvalue weighted by atomic mass is 10.1. The average Bonchev–Trinajstić information content (AvgIpc) is 2.30. The summed E-state index contributed by atoms with van der Waals surface area (Å²) < 4.78 is 5.68. The van der Waals surface area contributed by atoms with Gasteiger partial charge in [0.1, 0.15) is 5.82 Å². The third-order valence-corrected chi connectivity index (χ3v) is 2.91. The van der Waals surface area contributed by atoms with E-state index in [1.165, 1.54) is 6.42 Å². The van der Waals surface area contributed by atoms with Crippen LogP contribution in [0.15, 0.2) is 18.3 Å². The summed E-state index contributed by atoms with van der Waals surface area (Å²) >= 11 is 0. The van der Waals surface area contributed by atoms with Crippen LogP contribution < -0.4 is 10.6 Å². The molecule has 1 fully saturated rings. The Hall–Kier alpha value is -1.29. The summed E-state index contributed by atoms with van der Waals surface area (Å²) in [6, 6.07) is 3.93. The first-order chi connectivity index (χ1) is 7.79. The number of nitrogens with two attached hydrogens (primary N) is 1. The van der Waals surface area contributed by atoms with Crippen LogP contribution >= 0.6 is 0 Å². The summed E-state index contributed by atoms with van der Waals surface area (Å²) in [6.07, 6.45) is 4.44. The molecule has 2 heterocycles. The molecular weight excluding hydrogens is 202 g/mol. The Morgan fingerprint density at radius 3 is 3.25 bits per heavy atom. The highest BCUT2D eigenvalue weighted by Gasteiger charge is 2.20. The number of pyridine rings is 1. The van der Waals surface area contributed by atoms with Crippen LogP contribution in [0.5, 0.6) is 0 Å². The van der Waals surface area contributed by atoms with Crippen molar-refractivity contribution in [2.45, 2.75) is 25.9 Å². The van der Waals surface area contributed by atoms with Gasteiger partial charge in [-0.2, -0.15) is 0 Å². The van der Waals surface area contributed by atoms with Gasteiger partial charge in [0.25, 0.3) is 0 Å². The van der Waals surface area contributed by atoms with E-state index in [2.05, 4.69) is 9.88 Å². The van der Waals surface area contributed by atoms with E-state index < -0.39 is 0 Å². The van der Waals surface area contributed by atoms with Crippen LogP contribution in [0.2, 0.25) is 0 Å². The SMILES string of the molecule is CCOC1CCCN(c2ccnc(N)c2)C1. The molecule has 0 bridgehead atoms. The van der Waals surface area contributed by atoms with Crippen LogP contribution in [0, 0.1) is 0 Å². The summed E-state index contributed by atoms with van der Waals surface area (Å²) in [5.74, 6) is 0.580. The van der Waals surface area contributed by atoms with E-state index in [1.54, 1.807) is 6.20 Å². The Balaban J connectivity index is 2.03. The predicted octanol–water partition coefficient (Wildman–Crippen LogP) is 1.67. The molecule has 0 spiro atoms. The fourth-order valence-electron chi connectivity index (χ4n) is 2.18. The summed E-state index contributed by atoms with van der Waals surface area (Å²) in [5.41, 5.74) is 6.84. The fourth-order valence-corrected chi connectivity index (χ4v) is 2.18. The van der Waals surface area contributed by atoms with Crippen molar-refractivity contribution in [3.8, 4) is 0 Å². The molecular formula is C12H19N3O. The van der Waals surface area contributed by atoms with Gasteiger partial charge in [-0.1, -0.05) is 0 Å². The van der Waals surface area contributed by atoms with Gasteiger partial charge in [0.2, 0.25) is 0 Å². The van der Waals surface area contributed by atoms with Crippen molar-refractivity contribution in [1.29, 1.82) is 0 Å². The highest BCUT2D eigenvalue weighted by molar-refractivity contribution is 5.52. The zero-order valence-corrected chi connectivity index (χ0v) is 9.72. The molecule has 16 heavy (non-hydrogen) atoms. The van der Waals surface area contributed by atoms with Gasteiger partial charge in [0.05, 0.1) is 6.10 Å². The second-order valence-corrected chi connectivity index (χ2v) is 4.10. The van der Waals surface area contributed by atoms with E-state index in [4.69, 9.17) is 10.5 Å². The van der Waals surface area contributed by atoms with Gasteiger partial charge in [-0.05, 0) is 25.8 Å². The fraction of sp³-hybridized carbons (Fsp3) is 0.583. The maximum Gasteiger partial charge on any atom is 0.125 e. The molecule has 0 aliphatic carbocycles. The molecule has 2 N–H and O–H groups in total. The van der Waals surface area contributed by atoms with Gasteiger partial charge in [0, 0.05) is 37.6 Å². The Labute approximate surface area is 96.4 Å². The zero-order valence-electron chi connectivity index (χ0n) is 9.72. The minimum absolute atomic E-state index is 0.355. The molecule has 0 saturated carbocycles. The van der Waals surface area contributed by atoms with Gasteiger partial charge < -0.3 is 15.4 Å². The Morgan fingerprint density at radius 1 is 1.62 bits per heavy atom. The van der Waals surface area contributed by atoms with Crippen LogP contribution in [0.4, 0.5) is 11.5 Å². The molecule has 2 rings (SSSR count). The van der Waals surface area contributed by atoms with Crippen LogP contribution in [-0.2, 0) is 4.74 Å². The number of piperidine rings is 1. The lowest BCUT2D eigenvalue weighted by Gasteiger charge is -2.34. The van der Waals surface area contributed by atoms with Gasteiger partial charge in [-0.15, -0.1) is 0 Å². The number of nitrogen functional groups attached to an aromatic ring is 1. The lowest BCUT2D eigenvalue weighted by Crippen LogP contribution is -2.39. The van der Waals surface area contributed by atoms with E-state index in [9.17, 15) is 0 Å². The van der Waals surface area contributed by atoms with Crippen molar-refractivity contribution >= 4 is 11.5 Å². The molecule has 1 saturated heterocycles. The minimum Gasteiger partial charge on any atom is -0.384 e. The van der Waals surface area contributed by atoms with Crippen molar-refractivity contribution in [1.82, 2.24) is 4.98 Å². The lowest BCUT2D eigenvalue weighted by molar-refractivity contribution is 0.0527.